The zero-order valence-corrected chi connectivity index (χ0v) is 12.8. The summed E-state index contributed by atoms with van der Waals surface area (Å²) in [6, 6.07) is 15.6. The fraction of sp³-hybridized carbons (Fsp3) is 0.333. The second-order valence-corrected chi connectivity index (χ2v) is 5.02. The molecule has 2 aromatic carbocycles. The molecule has 2 nitrogen and oxygen atoms in total. The molecule has 0 atom stereocenters. The molecule has 0 amide bonds. The van der Waals surface area contributed by atoms with Gasteiger partial charge in [-0.1, -0.05) is 43.3 Å². The minimum atomic E-state index is -0.139. The van der Waals surface area contributed by atoms with Crippen LogP contribution in [0.2, 0.25) is 0 Å². The van der Waals surface area contributed by atoms with Crippen molar-refractivity contribution in [1.29, 1.82) is 0 Å². The molecule has 0 saturated carbocycles. The molecular formula is C18H23FN2. The maximum Gasteiger partial charge on any atom is 0.129 e. The van der Waals surface area contributed by atoms with Crippen molar-refractivity contribution in [3.05, 3.63) is 65.5 Å². The van der Waals surface area contributed by atoms with E-state index in [0.29, 0.717) is 6.54 Å². The van der Waals surface area contributed by atoms with Gasteiger partial charge in [-0.05, 0) is 31.2 Å². The van der Waals surface area contributed by atoms with Gasteiger partial charge in [0, 0.05) is 30.9 Å². The van der Waals surface area contributed by atoms with Crippen LogP contribution in [0.4, 0.5) is 10.1 Å². The van der Waals surface area contributed by atoms with Crippen molar-refractivity contribution in [2.75, 3.05) is 18.0 Å². The van der Waals surface area contributed by atoms with E-state index in [2.05, 4.69) is 29.3 Å². The van der Waals surface area contributed by atoms with Crippen LogP contribution in [0.5, 0.6) is 0 Å². The Morgan fingerprint density at radius 3 is 2.43 bits per heavy atom. The molecule has 0 heterocycles. The van der Waals surface area contributed by atoms with Crippen molar-refractivity contribution in [1.82, 2.24) is 5.32 Å². The van der Waals surface area contributed by atoms with Crippen LogP contribution in [0.1, 0.15) is 25.0 Å². The Morgan fingerprint density at radius 1 is 1.00 bits per heavy atom. The summed E-state index contributed by atoms with van der Waals surface area (Å²) in [5, 5.41) is 3.22. The average Bonchev–Trinajstić information content (AvgIpc) is 2.52. The van der Waals surface area contributed by atoms with Gasteiger partial charge in [0.2, 0.25) is 0 Å². The second kappa shape index (κ2) is 7.79. The standard InChI is InChI=1S/C18H23FN2/c1-3-20-13-16-17(19)11-8-12-18(16)21(4-2)14-15-9-6-5-7-10-15/h5-12,20H,3-4,13-14H2,1-2H3. The molecule has 112 valence electrons. The van der Waals surface area contributed by atoms with Crippen molar-refractivity contribution in [3.63, 3.8) is 0 Å². The van der Waals surface area contributed by atoms with Crippen LogP contribution in [0.3, 0.4) is 0 Å². The summed E-state index contributed by atoms with van der Waals surface area (Å²) >= 11 is 0. The zero-order valence-electron chi connectivity index (χ0n) is 12.8. The van der Waals surface area contributed by atoms with E-state index in [1.807, 2.05) is 31.2 Å². The van der Waals surface area contributed by atoms with Gasteiger partial charge in [-0.15, -0.1) is 0 Å². The predicted molar refractivity (Wildman–Crippen MR) is 86.9 cm³/mol. The van der Waals surface area contributed by atoms with Crippen LogP contribution in [0.25, 0.3) is 0 Å². The number of benzene rings is 2. The van der Waals surface area contributed by atoms with E-state index in [0.717, 1.165) is 30.9 Å². The normalized spacial score (nSPS) is 10.6. The summed E-state index contributed by atoms with van der Waals surface area (Å²) in [6.45, 7) is 7.16. The topological polar surface area (TPSA) is 15.3 Å². The van der Waals surface area contributed by atoms with Gasteiger partial charge < -0.3 is 10.2 Å². The van der Waals surface area contributed by atoms with Crippen molar-refractivity contribution < 1.29 is 4.39 Å². The summed E-state index contributed by atoms with van der Waals surface area (Å²) in [5.74, 6) is -0.139. The fourth-order valence-electron chi connectivity index (χ4n) is 2.44. The maximum atomic E-state index is 14.1. The largest absolute Gasteiger partial charge is 0.367 e. The first-order valence-electron chi connectivity index (χ1n) is 7.53. The highest BCUT2D eigenvalue weighted by atomic mass is 19.1. The number of anilines is 1. The molecule has 2 aromatic rings. The van der Waals surface area contributed by atoms with Gasteiger partial charge in [-0.25, -0.2) is 4.39 Å². The lowest BCUT2D eigenvalue weighted by molar-refractivity contribution is 0.591. The molecular weight excluding hydrogens is 263 g/mol. The summed E-state index contributed by atoms with van der Waals surface area (Å²) in [6.07, 6.45) is 0. The second-order valence-electron chi connectivity index (χ2n) is 5.02. The van der Waals surface area contributed by atoms with Crippen LogP contribution in [0, 0.1) is 5.82 Å². The van der Waals surface area contributed by atoms with Gasteiger partial charge >= 0.3 is 0 Å². The van der Waals surface area contributed by atoms with Crippen LogP contribution >= 0.6 is 0 Å². The van der Waals surface area contributed by atoms with E-state index in [1.165, 1.54) is 11.6 Å². The van der Waals surface area contributed by atoms with E-state index in [-0.39, 0.29) is 5.82 Å². The van der Waals surface area contributed by atoms with Gasteiger partial charge in [0.25, 0.3) is 0 Å². The highest BCUT2D eigenvalue weighted by molar-refractivity contribution is 5.54. The van der Waals surface area contributed by atoms with Crippen molar-refractivity contribution in [2.45, 2.75) is 26.9 Å². The van der Waals surface area contributed by atoms with E-state index >= 15 is 0 Å². The molecule has 0 aliphatic rings. The average molecular weight is 286 g/mol. The molecule has 0 fully saturated rings. The third-order valence-corrected chi connectivity index (χ3v) is 3.58. The lowest BCUT2D eigenvalue weighted by Gasteiger charge is -2.26. The van der Waals surface area contributed by atoms with Crippen LogP contribution in [-0.2, 0) is 13.1 Å². The minimum absolute atomic E-state index is 0.139. The van der Waals surface area contributed by atoms with Gasteiger partial charge in [0.1, 0.15) is 5.82 Å². The molecule has 2 rings (SSSR count). The molecule has 0 radical (unpaired) electrons. The van der Waals surface area contributed by atoms with E-state index in [1.54, 1.807) is 6.07 Å². The zero-order chi connectivity index (χ0) is 15.1. The van der Waals surface area contributed by atoms with Crippen LogP contribution < -0.4 is 10.2 Å². The molecule has 0 saturated heterocycles. The molecule has 0 aromatic heterocycles. The minimum Gasteiger partial charge on any atom is -0.367 e. The Labute approximate surface area is 126 Å². The van der Waals surface area contributed by atoms with Crippen molar-refractivity contribution >= 4 is 5.69 Å². The first-order valence-corrected chi connectivity index (χ1v) is 7.53. The number of halogens is 1. The smallest absolute Gasteiger partial charge is 0.129 e. The van der Waals surface area contributed by atoms with Crippen molar-refractivity contribution in [2.24, 2.45) is 0 Å². The molecule has 0 aliphatic heterocycles. The molecule has 0 aliphatic carbocycles. The number of nitrogens with zero attached hydrogens (tertiary/aromatic N) is 1. The number of hydrogen-bond donors (Lipinski definition) is 1. The highest BCUT2D eigenvalue weighted by Crippen LogP contribution is 2.24. The Morgan fingerprint density at radius 2 is 1.76 bits per heavy atom. The molecule has 0 unspecified atom stereocenters. The van der Waals surface area contributed by atoms with E-state index in [9.17, 15) is 4.39 Å². The summed E-state index contributed by atoms with van der Waals surface area (Å²) in [4.78, 5) is 2.21. The molecule has 0 spiro atoms. The van der Waals surface area contributed by atoms with Crippen LogP contribution in [-0.4, -0.2) is 13.1 Å². The number of rotatable bonds is 7. The third kappa shape index (κ3) is 4.05. The first kappa shape index (κ1) is 15.5. The molecule has 3 heteroatoms. The highest BCUT2D eigenvalue weighted by Gasteiger charge is 2.13. The number of hydrogen-bond acceptors (Lipinski definition) is 2. The maximum absolute atomic E-state index is 14.1. The summed E-state index contributed by atoms with van der Waals surface area (Å²) < 4.78 is 14.1. The monoisotopic (exact) mass is 286 g/mol. The Kier molecular flexibility index (Phi) is 5.76. The fourth-order valence-corrected chi connectivity index (χ4v) is 2.44. The lowest BCUT2D eigenvalue weighted by Crippen LogP contribution is -2.25. The van der Waals surface area contributed by atoms with Crippen LogP contribution in [0.15, 0.2) is 48.5 Å². The van der Waals surface area contributed by atoms with Gasteiger partial charge in [0.05, 0.1) is 0 Å². The molecule has 21 heavy (non-hydrogen) atoms. The van der Waals surface area contributed by atoms with E-state index < -0.39 is 0 Å². The predicted octanol–water partition coefficient (Wildman–Crippen LogP) is 3.96. The SMILES string of the molecule is CCNCc1c(F)cccc1N(CC)Cc1ccccc1. The van der Waals surface area contributed by atoms with E-state index in [4.69, 9.17) is 0 Å². The quantitative estimate of drug-likeness (QED) is 0.828. The molecule has 1 N–H and O–H groups in total. The third-order valence-electron chi connectivity index (χ3n) is 3.58. The van der Waals surface area contributed by atoms with Gasteiger partial charge in [-0.3, -0.25) is 0 Å². The van der Waals surface area contributed by atoms with Crippen molar-refractivity contribution in [3.8, 4) is 0 Å². The Bertz CT molecular complexity index is 554. The number of nitrogens with one attached hydrogen (secondary N) is 1. The Balaban J connectivity index is 2.27. The van der Waals surface area contributed by atoms with Gasteiger partial charge in [0.15, 0.2) is 0 Å². The first-order chi connectivity index (χ1) is 10.3. The van der Waals surface area contributed by atoms with Gasteiger partial charge in [-0.2, -0.15) is 0 Å². The Hall–Kier alpha value is -1.87. The summed E-state index contributed by atoms with van der Waals surface area (Å²) in [7, 11) is 0. The molecule has 0 bridgehead atoms. The summed E-state index contributed by atoms with van der Waals surface area (Å²) in [5.41, 5.74) is 2.96. The lowest BCUT2D eigenvalue weighted by atomic mass is 10.1.